The molecule has 2 rings (SSSR count). The summed E-state index contributed by atoms with van der Waals surface area (Å²) in [6.45, 7) is 1.50. The van der Waals surface area contributed by atoms with Crippen molar-refractivity contribution in [2.75, 3.05) is 13.2 Å². The van der Waals surface area contributed by atoms with E-state index in [1.807, 2.05) is 18.2 Å². The highest BCUT2D eigenvalue weighted by molar-refractivity contribution is 5.47. The van der Waals surface area contributed by atoms with Gasteiger partial charge in [0.25, 0.3) is 6.40 Å². The van der Waals surface area contributed by atoms with E-state index in [2.05, 4.69) is 23.5 Å². The Kier molecular flexibility index (Phi) is 2.08. The van der Waals surface area contributed by atoms with E-state index in [1.54, 1.807) is 0 Å². The van der Waals surface area contributed by atoms with Crippen LogP contribution in [0.1, 0.15) is 11.5 Å². The SMILES string of the molecule is [C]1=NCC(c2ccccc2)CO1. The molecule has 1 aromatic rings. The fourth-order valence-corrected chi connectivity index (χ4v) is 1.31. The Morgan fingerprint density at radius 2 is 2.17 bits per heavy atom. The summed E-state index contributed by atoms with van der Waals surface area (Å²) in [5.41, 5.74) is 1.29. The van der Waals surface area contributed by atoms with E-state index >= 15 is 0 Å². The van der Waals surface area contributed by atoms with Gasteiger partial charge in [0, 0.05) is 5.92 Å². The van der Waals surface area contributed by atoms with Gasteiger partial charge in [-0.25, -0.2) is 4.99 Å². The van der Waals surface area contributed by atoms with E-state index in [0.717, 1.165) is 6.54 Å². The highest BCUT2D eigenvalue weighted by atomic mass is 16.5. The summed E-state index contributed by atoms with van der Waals surface area (Å²) in [5, 5.41) is 0. The molecule has 1 unspecified atom stereocenters. The standard InChI is InChI=1S/C10H10NO/c1-2-4-9(5-3-1)10-6-11-8-12-7-10/h1-5,10H,6-7H2. The largest absolute Gasteiger partial charge is 0.473 e. The highest BCUT2D eigenvalue weighted by Gasteiger charge is 2.13. The van der Waals surface area contributed by atoms with Crippen LogP contribution in [-0.2, 0) is 4.74 Å². The molecule has 0 fully saturated rings. The number of hydrogen-bond donors (Lipinski definition) is 0. The fraction of sp³-hybridized carbons (Fsp3) is 0.300. The molecule has 2 nitrogen and oxygen atoms in total. The number of benzene rings is 1. The molecule has 0 amide bonds. The molecule has 0 aliphatic carbocycles. The van der Waals surface area contributed by atoms with Crippen molar-refractivity contribution < 1.29 is 4.74 Å². The maximum absolute atomic E-state index is 5.02. The average molecular weight is 160 g/mol. The first kappa shape index (κ1) is 7.35. The molecular formula is C10H10NO. The van der Waals surface area contributed by atoms with Crippen LogP contribution in [0, 0.1) is 0 Å². The average Bonchev–Trinajstić information content (AvgIpc) is 2.21. The fourth-order valence-electron chi connectivity index (χ4n) is 1.31. The summed E-state index contributed by atoms with van der Waals surface area (Å²) < 4.78 is 5.02. The van der Waals surface area contributed by atoms with E-state index in [-0.39, 0.29) is 0 Å². The number of ether oxygens (including phenoxy) is 1. The molecule has 0 aromatic heterocycles. The van der Waals surface area contributed by atoms with E-state index < -0.39 is 0 Å². The molecular weight excluding hydrogens is 150 g/mol. The van der Waals surface area contributed by atoms with Gasteiger partial charge in [-0.05, 0) is 5.56 Å². The van der Waals surface area contributed by atoms with Crippen molar-refractivity contribution in [1.29, 1.82) is 0 Å². The maximum Gasteiger partial charge on any atom is 0.273 e. The van der Waals surface area contributed by atoms with Crippen molar-refractivity contribution in [3.63, 3.8) is 0 Å². The van der Waals surface area contributed by atoms with Crippen molar-refractivity contribution in [1.82, 2.24) is 0 Å². The molecule has 1 atom stereocenters. The van der Waals surface area contributed by atoms with Crippen LogP contribution in [0.25, 0.3) is 0 Å². The third-order valence-electron chi connectivity index (χ3n) is 2.00. The van der Waals surface area contributed by atoms with Gasteiger partial charge in [-0.15, -0.1) is 0 Å². The quantitative estimate of drug-likeness (QED) is 0.612. The monoisotopic (exact) mass is 160 g/mol. The first-order chi connectivity index (χ1) is 5.97. The zero-order chi connectivity index (χ0) is 8.23. The zero-order valence-corrected chi connectivity index (χ0v) is 6.73. The summed E-state index contributed by atoms with van der Waals surface area (Å²) >= 11 is 0. The van der Waals surface area contributed by atoms with Gasteiger partial charge in [0.1, 0.15) is 0 Å². The summed E-state index contributed by atoms with van der Waals surface area (Å²) in [7, 11) is 0. The van der Waals surface area contributed by atoms with Crippen LogP contribution >= 0.6 is 0 Å². The minimum atomic E-state index is 0.410. The van der Waals surface area contributed by atoms with E-state index in [1.165, 1.54) is 5.56 Å². The van der Waals surface area contributed by atoms with Gasteiger partial charge in [0.05, 0.1) is 13.2 Å². The van der Waals surface area contributed by atoms with Crippen LogP contribution in [0.3, 0.4) is 0 Å². The lowest BCUT2D eigenvalue weighted by Crippen LogP contribution is -2.15. The van der Waals surface area contributed by atoms with Crippen LogP contribution in [0.2, 0.25) is 0 Å². The Morgan fingerprint density at radius 3 is 2.83 bits per heavy atom. The Labute approximate surface area is 71.9 Å². The van der Waals surface area contributed by atoms with Gasteiger partial charge in [0.2, 0.25) is 0 Å². The predicted molar refractivity (Wildman–Crippen MR) is 47.4 cm³/mol. The second-order valence-corrected chi connectivity index (χ2v) is 2.85. The van der Waals surface area contributed by atoms with Crippen LogP contribution in [0.4, 0.5) is 0 Å². The number of hydrogen-bond acceptors (Lipinski definition) is 2. The van der Waals surface area contributed by atoms with Gasteiger partial charge in [-0.2, -0.15) is 0 Å². The van der Waals surface area contributed by atoms with Gasteiger partial charge in [0.15, 0.2) is 0 Å². The Hall–Kier alpha value is -1.31. The molecule has 1 radical (unpaired) electrons. The molecule has 0 spiro atoms. The van der Waals surface area contributed by atoms with Crippen molar-refractivity contribution in [3.05, 3.63) is 35.9 Å². The van der Waals surface area contributed by atoms with Crippen LogP contribution in [-0.4, -0.2) is 19.6 Å². The van der Waals surface area contributed by atoms with Crippen LogP contribution < -0.4 is 0 Å². The Bertz CT molecular complexity index is 268. The first-order valence-corrected chi connectivity index (χ1v) is 4.05. The normalized spacial score (nSPS) is 21.8. The van der Waals surface area contributed by atoms with Crippen LogP contribution in [0.15, 0.2) is 35.3 Å². The minimum absolute atomic E-state index is 0.410. The molecule has 61 valence electrons. The smallest absolute Gasteiger partial charge is 0.273 e. The lowest BCUT2D eigenvalue weighted by atomic mass is 10.00. The summed E-state index contributed by atoms with van der Waals surface area (Å²) in [6, 6.07) is 10.3. The minimum Gasteiger partial charge on any atom is -0.473 e. The maximum atomic E-state index is 5.02. The van der Waals surface area contributed by atoms with E-state index in [0.29, 0.717) is 12.5 Å². The third kappa shape index (κ3) is 1.47. The molecule has 1 aromatic carbocycles. The molecule has 0 saturated heterocycles. The number of aliphatic imine (C=N–C) groups is 1. The highest BCUT2D eigenvalue weighted by Crippen LogP contribution is 2.17. The second-order valence-electron chi connectivity index (χ2n) is 2.85. The molecule has 12 heavy (non-hydrogen) atoms. The van der Waals surface area contributed by atoms with Crippen LogP contribution in [0.5, 0.6) is 0 Å². The topological polar surface area (TPSA) is 21.6 Å². The van der Waals surface area contributed by atoms with Gasteiger partial charge in [-0.1, -0.05) is 30.3 Å². The van der Waals surface area contributed by atoms with E-state index in [4.69, 9.17) is 4.74 Å². The van der Waals surface area contributed by atoms with Crippen molar-refractivity contribution in [2.45, 2.75) is 5.92 Å². The van der Waals surface area contributed by atoms with Crippen molar-refractivity contribution in [3.8, 4) is 0 Å². The molecule has 0 saturated carbocycles. The Balaban J connectivity index is 2.15. The van der Waals surface area contributed by atoms with Crippen molar-refractivity contribution >= 4 is 6.40 Å². The summed E-state index contributed by atoms with van der Waals surface area (Å²) in [6.07, 6.45) is 2.51. The van der Waals surface area contributed by atoms with Crippen molar-refractivity contribution in [2.24, 2.45) is 4.99 Å². The Morgan fingerprint density at radius 1 is 1.33 bits per heavy atom. The van der Waals surface area contributed by atoms with Gasteiger partial charge in [-0.3, -0.25) is 0 Å². The lowest BCUT2D eigenvalue weighted by molar-refractivity contribution is 0.273. The number of nitrogens with zero attached hydrogens (tertiary/aromatic N) is 1. The molecule has 1 heterocycles. The zero-order valence-electron chi connectivity index (χ0n) is 6.73. The second kappa shape index (κ2) is 3.39. The van der Waals surface area contributed by atoms with E-state index in [9.17, 15) is 0 Å². The molecule has 0 bridgehead atoms. The molecule has 1 aliphatic heterocycles. The third-order valence-corrected chi connectivity index (χ3v) is 2.00. The molecule has 1 aliphatic rings. The summed E-state index contributed by atoms with van der Waals surface area (Å²) in [5.74, 6) is 0.410. The lowest BCUT2D eigenvalue weighted by Gasteiger charge is -2.16. The number of rotatable bonds is 1. The molecule has 0 N–H and O–H groups in total. The predicted octanol–water partition coefficient (Wildman–Crippen LogP) is 1.71. The summed E-state index contributed by atoms with van der Waals surface area (Å²) in [4.78, 5) is 3.96. The first-order valence-electron chi connectivity index (χ1n) is 4.05. The van der Waals surface area contributed by atoms with Gasteiger partial charge >= 0.3 is 0 Å². The van der Waals surface area contributed by atoms with Gasteiger partial charge < -0.3 is 4.74 Å². The molecule has 2 heteroatoms.